The summed E-state index contributed by atoms with van der Waals surface area (Å²) in [4.78, 5) is 40.9. The molecule has 3 aromatic rings. The molecular weight excluding hydrogens is 455 g/mol. The lowest BCUT2D eigenvalue weighted by molar-refractivity contribution is -0.137. The van der Waals surface area contributed by atoms with Crippen LogP contribution in [0.3, 0.4) is 0 Å². The van der Waals surface area contributed by atoms with E-state index in [4.69, 9.17) is 0 Å². The number of aromatic nitrogens is 1. The summed E-state index contributed by atoms with van der Waals surface area (Å²) in [5.41, 5.74) is 0.537. The summed E-state index contributed by atoms with van der Waals surface area (Å²) in [6.07, 6.45) is -1.89. The molecule has 0 aliphatic heterocycles. The molecule has 170 valence electrons. The van der Waals surface area contributed by atoms with Crippen LogP contribution in [0, 0.1) is 0 Å². The minimum atomic E-state index is -4.55. The first-order chi connectivity index (χ1) is 15.5. The van der Waals surface area contributed by atoms with E-state index >= 15 is 0 Å². The van der Waals surface area contributed by atoms with E-state index in [1.165, 1.54) is 38.1 Å². The van der Waals surface area contributed by atoms with Crippen molar-refractivity contribution in [3.63, 3.8) is 0 Å². The molecule has 33 heavy (non-hydrogen) atoms. The van der Waals surface area contributed by atoms with Crippen LogP contribution in [-0.2, 0) is 15.8 Å². The van der Waals surface area contributed by atoms with Crippen molar-refractivity contribution in [3.8, 4) is 0 Å². The van der Waals surface area contributed by atoms with Gasteiger partial charge in [-0.25, -0.2) is 4.98 Å². The fraction of sp³-hybridized carbons (Fsp3) is 0.130. The van der Waals surface area contributed by atoms with E-state index in [-0.39, 0.29) is 16.6 Å². The van der Waals surface area contributed by atoms with Crippen molar-refractivity contribution in [3.05, 3.63) is 76.8 Å². The molecule has 0 fully saturated rings. The Kier molecular flexibility index (Phi) is 7.07. The summed E-state index contributed by atoms with van der Waals surface area (Å²) < 4.78 is 39.1. The fourth-order valence-corrected chi connectivity index (χ4v) is 3.69. The SMILES string of the molecule is CC(=O)c1ccc(NC(=O)/C=C/c2csc(N(C(C)=O)c3cccc(C(F)(F)F)c3)n2)cc1. The Morgan fingerprint density at radius 2 is 1.76 bits per heavy atom. The third-order valence-electron chi connectivity index (χ3n) is 4.41. The highest BCUT2D eigenvalue weighted by molar-refractivity contribution is 7.14. The predicted molar refractivity (Wildman–Crippen MR) is 120 cm³/mol. The third-order valence-corrected chi connectivity index (χ3v) is 5.26. The summed E-state index contributed by atoms with van der Waals surface area (Å²) in [6, 6.07) is 10.8. The number of hydrogen-bond donors (Lipinski definition) is 1. The van der Waals surface area contributed by atoms with Crippen molar-refractivity contribution < 1.29 is 27.6 Å². The van der Waals surface area contributed by atoms with Crippen molar-refractivity contribution in [1.82, 2.24) is 4.98 Å². The van der Waals surface area contributed by atoms with Crippen molar-refractivity contribution >= 4 is 51.5 Å². The van der Waals surface area contributed by atoms with Gasteiger partial charge < -0.3 is 5.32 Å². The summed E-state index contributed by atoms with van der Waals surface area (Å²) in [7, 11) is 0. The Bertz CT molecular complexity index is 1220. The van der Waals surface area contributed by atoms with Gasteiger partial charge in [-0.1, -0.05) is 6.07 Å². The topological polar surface area (TPSA) is 79.4 Å². The van der Waals surface area contributed by atoms with E-state index in [1.54, 1.807) is 29.6 Å². The molecule has 0 aliphatic carbocycles. The molecule has 0 saturated heterocycles. The molecule has 1 heterocycles. The van der Waals surface area contributed by atoms with Crippen molar-refractivity contribution in [1.29, 1.82) is 0 Å². The van der Waals surface area contributed by atoms with E-state index in [0.29, 0.717) is 16.9 Å². The number of amides is 2. The average Bonchev–Trinajstić information content (AvgIpc) is 3.20. The van der Waals surface area contributed by atoms with Gasteiger partial charge in [-0.3, -0.25) is 19.3 Å². The van der Waals surface area contributed by atoms with Crippen molar-refractivity contribution in [2.24, 2.45) is 0 Å². The van der Waals surface area contributed by atoms with Gasteiger partial charge in [0.2, 0.25) is 11.8 Å². The number of nitrogens with zero attached hydrogens (tertiary/aromatic N) is 2. The van der Waals surface area contributed by atoms with Crippen LogP contribution in [0.5, 0.6) is 0 Å². The summed E-state index contributed by atoms with van der Waals surface area (Å²) in [6.45, 7) is 2.67. The first-order valence-electron chi connectivity index (χ1n) is 9.58. The number of ketones is 1. The van der Waals surface area contributed by atoms with Gasteiger partial charge >= 0.3 is 6.18 Å². The van der Waals surface area contributed by atoms with Gasteiger partial charge in [0, 0.05) is 29.6 Å². The van der Waals surface area contributed by atoms with E-state index < -0.39 is 23.6 Å². The number of hydrogen-bond acceptors (Lipinski definition) is 5. The molecule has 0 aliphatic rings. The maximum Gasteiger partial charge on any atom is 0.416 e. The predicted octanol–water partition coefficient (Wildman–Crippen LogP) is 5.70. The number of benzene rings is 2. The average molecular weight is 473 g/mol. The second-order valence-electron chi connectivity index (χ2n) is 6.91. The first kappa shape index (κ1) is 23.9. The maximum absolute atomic E-state index is 13.0. The van der Waals surface area contributed by atoms with Crippen molar-refractivity contribution in [2.75, 3.05) is 10.2 Å². The number of nitrogens with one attached hydrogen (secondary N) is 1. The molecule has 0 radical (unpaired) electrons. The Hall–Kier alpha value is -3.79. The molecule has 0 spiro atoms. The van der Waals surface area contributed by atoms with Crippen LogP contribution in [0.2, 0.25) is 0 Å². The second-order valence-corrected chi connectivity index (χ2v) is 7.75. The zero-order valence-corrected chi connectivity index (χ0v) is 18.3. The quantitative estimate of drug-likeness (QED) is 0.368. The summed E-state index contributed by atoms with van der Waals surface area (Å²) in [5.74, 6) is -1.04. The lowest BCUT2D eigenvalue weighted by atomic mass is 10.1. The molecule has 1 N–H and O–H groups in total. The smallest absolute Gasteiger partial charge is 0.323 e. The Morgan fingerprint density at radius 3 is 2.36 bits per heavy atom. The Balaban J connectivity index is 1.74. The van der Waals surface area contributed by atoms with Gasteiger partial charge in [-0.05, 0) is 55.5 Å². The number of carbonyl (C=O) groups is 3. The highest BCUT2D eigenvalue weighted by Crippen LogP contribution is 2.35. The Labute approximate surface area is 191 Å². The van der Waals surface area contributed by atoms with E-state index in [1.807, 2.05) is 0 Å². The van der Waals surface area contributed by atoms with E-state index in [0.717, 1.165) is 28.4 Å². The highest BCUT2D eigenvalue weighted by Gasteiger charge is 2.31. The van der Waals surface area contributed by atoms with Crippen LogP contribution in [0.15, 0.2) is 60.0 Å². The number of alkyl halides is 3. The largest absolute Gasteiger partial charge is 0.416 e. The molecule has 0 unspecified atom stereocenters. The highest BCUT2D eigenvalue weighted by atomic mass is 32.1. The molecule has 10 heteroatoms. The minimum Gasteiger partial charge on any atom is -0.323 e. The number of thiazole rings is 1. The fourth-order valence-electron chi connectivity index (χ4n) is 2.84. The first-order valence-corrected chi connectivity index (χ1v) is 10.5. The zero-order valence-electron chi connectivity index (χ0n) is 17.5. The van der Waals surface area contributed by atoms with Gasteiger partial charge in [-0.2, -0.15) is 13.2 Å². The van der Waals surface area contributed by atoms with Gasteiger partial charge in [0.15, 0.2) is 10.9 Å². The lowest BCUT2D eigenvalue weighted by Crippen LogP contribution is -2.23. The molecular formula is C23H18F3N3O3S. The third kappa shape index (κ3) is 6.13. The molecule has 2 amide bonds. The zero-order chi connectivity index (χ0) is 24.2. The molecule has 0 saturated carbocycles. The molecule has 2 aromatic carbocycles. The normalized spacial score (nSPS) is 11.4. The molecule has 6 nitrogen and oxygen atoms in total. The number of halogens is 3. The van der Waals surface area contributed by atoms with Gasteiger partial charge in [0.05, 0.1) is 16.9 Å². The molecule has 0 atom stereocenters. The van der Waals surface area contributed by atoms with E-state index in [2.05, 4.69) is 10.3 Å². The standard InChI is InChI=1S/C23H18F3N3O3S/c1-14(30)16-6-8-18(9-7-16)27-21(32)11-10-19-13-33-22(28-19)29(15(2)31)20-5-3-4-17(12-20)23(24,25)26/h3-13H,1-2H3,(H,27,32)/b11-10+. The Morgan fingerprint density at radius 1 is 1.06 bits per heavy atom. The second kappa shape index (κ2) is 9.78. The maximum atomic E-state index is 13.0. The van der Waals surface area contributed by atoms with Crippen LogP contribution < -0.4 is 10.2 Å². The summed E-state index contributed by atoms with van der Waals surface area (Å²) >= 11 is 1.05. The lowest BCUT2D eigenvalue weighted by Gasteiger charge is -2.19. The van der Waals surface area contributed by atoms with Gasteiger partial charge in [0.1, 0.15) is 0 Å². The van der Waals surface area contributed by atoms with Gasteiger partial charge in [-0.15, -0.1) is 11.3 Å². The van der Waals surface area contributed by atoms with Crippen molar-refractivity contribution in [2.45, 2.75) is 20.0 Å². The number of Topliss-reactive ketones (excluding diaryl/α,β-unsaturated/α-hetero) is 1. The van der Waals surface area contributed by atoms with Crippen LogP contribution >= 0.6 is 11.3 Å². The molecule has 1 aromatic heterocycles. The number of rotatable bonds is 6. The number of anilines is 3. The molecule has 0 bridgehead atoms. The summed E-state index contributed by atoms with van der Waals surface area (Å²) in [5, 5.41) is 4.38. The van der Waals surface area contributed by atoms with Crippen LogP contribution in [0.1, 0.15) is 35.5 Å². The minimum absolute atomic E-state index is 0.0361. The monoisotopic (exact) mass is 473 g/mol. The molecule has 3 rings (SSSR count). The van der Waals surface area contributed by atoms with Crippen LogP contribution in [0.25, 0.3) is 6.08 Å². The number of carbonyl (C=O) groups excluding carboxylic acids is 3. The van der Waals surface area contributed by atoms with Crippen LogP contribution in [-0.4, -0.2) is 22.6 Å². The van der Waals surface area contributed by atoms with Crippen LogP contribution in [0.4, 0.5) is 29.7 Å². The van der Waals surface area contributed by atoms with Gasteiger partial charge in [0.25, 0.3) is 0 Å². The van der Waals surface area contributed by atoms with E-state index in [9.17, 15) is 27.6 Å².